The molecule has 2 aromatic rings. The van der Waals surface area contributed by atoms with Crippen molar-refractivity contribution in [3.8, 4) is 0 Å². The van der Waals surface area contributed by atoms with Crippen LogP contribution in [0.3, 0.4) is 0 Å². The van der Waals surface area contributed by atoms with Gasteiger partial charge in [0, 0.05) is 5.69 Å². The van der Waals surface area contributed by atoms with Gasteiger partial charge in [0.1, 0.15) is 0 Å². The van der Waals surface area contributed by atoms with E-state index in [2.05, 4.69) is 0 Å². The SMILES string of the molecule is Nc1ccc(S(=O)(=O)CCCCCCCCCCCCc2ccccc2S(=O)(=O)C(O)CO)cc1.[O]=[Ti]. The van der Waals surface area contributed by atoms with Crippen LogP contribution in [0.15, 0.2) is 58.3 Å². The van der Waals surface area contributed by atoms with Crippen molar-refractivity contribution in [3.05, 3.63) is 54.1 Å². The van der Waals surface area contributed by atoms with Gasteiger partial charge in [-0.05, 0) is 55.2 Å². The molecular formula is C26H39NO7S2Ti. The maximum absolute atomic E-state index is 12.4. The van der Waals surface area contributed by atoms with Crippen LogP contribution >= 0.6 is 0 Å². The Morgan fingerprint density at radius 3 is 1.76 bits per heavy atom. The first-order chi connectivity index (χ1) is 17.7. The molecule has 2 aromatic carbocycles. The van der Waals surface area contributed by atoms with E-state index in [1.54, 1.807) is 42.5 Å². The summed E-state index contributed by atoms with van der Waals surface area (Å²) in [5.41, 5.74) is 5.05. The Bertz CT molecular complexity index is 1120. The monoisotopic (exact) mass is 589 g/mol. The van der Waals surface area contributed by atoms with Crippen LogP contribution in [0.5, 0.6) is 0 Å². The summed E-state index contributed by atoms with van der Waals surface area (Å²) >= 11 is 0.750. The number of anilines is 1. The first-order valence-electron chi connectivity index (χ1n) is 12.6. The van der Waals surface area contributed by atoms with Gasteiger partial charge in [-0.1, -0.05) is 69.6 Å². The fourth-order valence-electron chi connectivity index (χ4n) is 4.05. The van der Waals surface area contributed by atoms with Gasteiger partial charge < -0.3 is 15.9 Å². The Labute approximate surface area is 233 Å². The van der Waals surface area contributed by atoms with E-state index in [1.165, 1.54) is 6.07 Å². The molecule has 4 N–H and O–H groups in total. The molecule has 0 fully saturated rings. The topological polar surface area (TPSA) is 152 Å². The summed E-state index contributed by atoms with van der Waals surface area (Å²) in [5, 5.41) is 18.7. The molecule has 8 nitrogen and oxygen atoms in total. The van der Waals surface area contributed by atoms with E-state index >= 15 is 0 Å². The van der Waals surface area contributed by atoms with Crippen LogP contribution in [0.2, 0.25) is 0 Å². The van der Waals surface area contributed by atoms with Crippen LogP contribution in [-0.2, 0) is 49.8 Å². The second-order valence-corrected chi connectivity index (χ2v) is 13.1. The van der Waals surface area contributed by atoms with Gasteiger partial charge >= 0.3 is 23.7 Å². The number of rotatable bonds is 17. The number of sulfone groups is 2. The molecule has 0 saturated carbocycles. The zero-order chi connectivity index (χ0) is 27.7. The first kappa shape index (κ1) is 33.6. The predicted molar refractivity (Wildman–Crippen MR) is 140 cm³/mol. The molecule has 0 aromatic heterocycles. The minimum absolute atomic E-state index is 0.0998. The standard InChI is InChI=1S/C26H39NO6S2.O.Ti/c27-23-16-18-24(19-17-23)34(30,31)20-12-8-6-4-2-1-3-5-7-9-13-22-14-10-11-15-25(22)35(32,33)26(29)21-28;;/h10-11,14-19,26,28-29H,1-9,12-13,20-21,27H2;;. The summed E-state index contributed by atoms with van der Waals surface area (Å²) in [6.45, 7) is -0.820. The third kappa shape index (κ3) is 11.9. The molecule has 206 valence electrons. The van der Waals surface area contributed by atoms with Crippen molar-refractivity contribution < 1.29 is 50.8 Å². The predicted octanol–water partition coefficient (Wildman–Crippen LogP) is 4.15. The summed E-state index contributed by atoms with van der Waals surface area (Å²) in [6.07, 6.45) is 10.6. The van der Waals surface area contributed by atoms with Gasteiger partial charge in [-0.15, -0.1) is 0 Å². The van der Waals surface area contributed by atoms with Crippen molar-refractivity contribution in [2.24, 2.45) is 0 Å². The molecule has 0 aliphatic heterocycles. The molecule has 0 radical (unpaired) electrons. The average Bonchev–Trinajstić information content (AvgIpc) is 2.90. The first-order valence-corrected chi connectivity index (χ1v) is 16.4. The molecule has 0 amide bonds. The molecule has 2 rings (SSSR count). The van der Waals surface area contributed by atoms with E-state index in [1.807, 2.05) is 0 Å². The summed E-state index contributed by atoms with van der Waals surface area (Å²) in [7, 11) is -7.18. The van der Waals surface area contributed by atoms with E-state index in [0.29, 0.717) is 29.0 Å². The number of nitrogen functional groups attached to an aromatic ring is 1. The van der Waals surface area contributed by atoms with Crippen molar-refractivity contribution >= 4 is 25.4 Å². The summed E-state index contributed by atoms with van der Waals surface area (Å²) in [4.78, 5) is 0.433. The quantitative estimate of drug-likeness (QED) is 0.141. The van der Waals surface area contributed by atoms with Crippen LogP contribution in [0.1, 0.15) is 69.8 Å². The normalized spacial score (nSPS) is 12.5. The third-order valence-electron chi connectivity index (χ3n) is 6.14. The maximum atomic E-state index is 12.4. The molecule has 11 heteroatoms. The summed E-state index contributed by atoms with van der Waals surface area (Å²) in [5.74, 6) is 0.167. The number of aliphatic hydroxyl groups excluding tert-OH is 2. The van der Waals surface area contributed by atoms with E-state index in [0.717, 1.165) is 78.2 Å². The van der Waals surface area contributed by atoms with E-state index in [9.17, 15) is 21.9 Å². The zero-order valence-corrected chi connectivity index (χ0v) is 24.4. The Morgan fingerprint density at radius 1 is 0.730 bits per heavy atom. The third-order valence-corrected chi connectivity index (χ3v) is 9.84. The molecule has 0 aliphatic rings. The molecule has 0 aliphatic carbocycles. The number of hydrogen-bond acceptors (Lipinski definition) is 8. The van der Waals surface area contributed by atoms with Gasteiger partial charge in [-0.25, -0.2) is 16.8 Å². The summed E-state index contributed by atoms with van der Waals surface area (Å²) < 4.78 is 57.6. The van der Waals surface area contributed by atoms with E-state index < -0.39 is 31.7 Å². The number of hydrogen-bond donors (Lipinski definition) is 3. The van der Waals surface area contributed by atoms with E-state index in [4.69, 9.17) is 14.2 Å². The van der Waals surface area contributed by atoms with Crippen LogP contribution in [-0.4, -0.2) is 44.8 Å². The molecule has 1 atom stereocenters. The Balaban J connectivity index is 0.00000334. The van der Waals surface area contributed by atoms with Crippen molar-refractivity contribution in [1.29, 1.82) is 0 Å². The van der Waals surface area contributed by atoms with Crippen LogP contribution < -0.4 is 5.73 Å². The molecule has 0 bridgehead atoms. The molecule has 1 unspecified atom stereocenters. The van der Waals surface area contributed by atoms with Crippen molar-refractivity contribution in [2.45, 2.75) is 85.9 Å². The number of aliphatic hydroxyl groups is 2. The number of aryl methyl sites for hydroxylation is 1. The van der Waals surface area contributed by atoms with Crippen molar-refractivity contribution in [3.63, 3.8) is 0 Å². The fourth-order valence-corrected chi connectivity index (χ4v) is 6.71. The number of nitrogens with two attached hydrogens (primary N) is 1. The fraction of sp³-hybridized carbons (Fsp3) is 0.538. The van der Waals surface area contributed by atoms with Gasteiger partial charge in [0.2, 0.25) is 9.84 Å². The van der Waals surface area contributed by atoms with Gasteiger partial charge in [0.25, 0.3) is 0 Å². The molecule has 0 heterocycles. The Morgan fingerprint density at radius 2 is 1.22 bits per heavy atom. The van der Waals surface area contributed by atoms with Gasteiger partial charge in [-0.3, -0.25) is 0 Å². The second kappa shape index (κ2) is 18.0. The average molecular weight is 590 g/mol. The summed E-state index contributed by atoms with van der Waals surface area (Å²) in [6, 6.07) is 13.0. The molecule has 0 spiro atoms. The van der Waals surface area contributed by atoms with E-state index in [-0.39, 0.29) is 10.6 Å². The number of unbranched alkanes of at least 4 members (excludes halogenated alkanes) is 9. The van der Waals surface area contributed by atoms with Crippen molar-refractivity contribution in [1.82, 2.24) is 0 Å². The Hall–Kier alpha value is -1.43. The van der Waals surface area contributed by atoms with Crippen LogP contribution in [0.4, 0.5) is 5.69 Å². The second-order valence-electron chi connectivity index (χ2n) is 8.96. The van der Waals surface area contributed by atoms with Crippen molar-refractivity contribution in [2.75, 3.05) is 18.1 Å². The zero-order valence-electron chi connectivity index (χ0n) is 21.2. The number of benzene rings is 2. The molecular weight excluding hydrogens is 550 g/mol. The van der Waals surface area contributed by atoms with Gasteiger partial charge in [-0.2, -0.15) is 0 Å². The van der Waals surface area contributed by atoms with Gasteiger partial charge in [0.15, 0.2) is 15.3 Å². The van der Waals surface area contributed by atoms with Crippen LogP contribution in [0.25, 0.3) is 0 Å². The Kier molecular flexibility index (Phi) is 16.3. The minimum atomic E-state index is -3.94. The molecule has 0 saturated heterocycles. The van der Waals surface area contributed by atoms with Crippen LogP contribution in [0, 0.1) is 0 Å². The van der Waals surface area contributed by atoms with Gasteiger partial charge in [0.05, 0.1) is 22.2 Å². The molecule has 37 heavy (non-hydrogen) atoms.